The monoisotopic (exact) mass is 575 g/mol. The van der Waals surface area contributed by atoms with E-state index in [1.807, 2.05) is 6.07 Å². The molecule has 0 aliphatic heterocycles. The lowest BCUT2D eigenvalue weighted by molar-refractivity contribution is -0.125. The SMILES string of the molecule is COc1cc(Nc2nc3ccccc3nc2N(c2cccc(NC(=O)CC3CCCC3=O)c2)S(=O)O)cc(OC)c1. The molecule has 41 heavy (non-hydrogen) atoms. The van der Waals surface area contributed by atoms with Crippen LogP contribution >= 0.6 is 0 Å². The summed E-state index contributed by atoms with van der Waals surface area (Å²) in [6.07, 6.45) is 2.12. The summed E-state index contributed by atoms with van der Waals surface area (Å²) in [5.74, 6) is 0.900. The van der Waals surface area contributed by atoms with E-state index in [9.17, 15) is 18.4 Å². The fraction of sp³-hybridized carbons (Fsp3) is 0.241. The number of fused-ring (bicyclic) bond motifs is 1. The van der Waals surface area contributed by atoms with Crippen LogP contribution in [0.2, 0.25) is 0 Å². The number of amides is 1. The Morgan fingerprint density at radius 3 is 2.34 bits per heavy atom. The standard InChI is InChI=1S/C29H29N5O6S/c1-39-22-15-20(16-23(17-22)40-2)31-28-29(33-25-11-4-3-10-24(25)32-28)34(41(37)38)21-9-6-8-19(14-21)30-27(36)13-18-7-5-12-26(18)35/h3-4,6,8-11,14-18H,5,7,12-13H2,1-2H3,(H,30,36)(H,31,32)(H,37,38). The molecule has 1 aliphatic rings. The Morgan fingerprint density at radius 2 is 1.71 bits per heavy atom. The van der Waals surface area contributed by atoms with E-state index >= 15 is 0 Å². The number of carbonyl (C=O) groups is 2. The number of aromatic nitrogens is 2. The number of ether oxygens (including phenoxy) is 2. The fourth-order valence-corrected chi connectivity index (χ4v) is 5.34. The summed E-state index contributed by atoms with van der Waals surface area (Å²) in [6, 6.07) is 18.9. The van der Waals surface area contributed by atoms with E-state index in [4.69, 9.17) is 14.5 Å². The minimum Gasteiger partial charge on any atom is -0.497 e. The molecule has 12 heteroatoms. The van der Waals surface area contributed by atoms with Gasteiger partial charge in [0.25, 0.3) is 11.3 Å². The number of methoxy groups -OCH3 is 2. The third kappa shape index (κ3) is 6.44. The largest absolute Gasteiger partial charge is 0.497 e. The number of ketones is 1. The Bertz CT molecular complexity index is 1610. The number of hydrogen-bond donors (Lipinski definition) is 3. The van der Waals surface area contributed by atoms with Gasteiger partial charge in [-0.1, -0.05) is 18.2 Å². The predicted molar refractivity (Wildman–Crippen MR) is 157 cm³/mol. The van der Waals surface area contributed by atoms with E-state index < -0.39 is 11.3 Å². The van der Waals surface area contributed by atoms with Crippen molar-refractivity contribution in [1.82, 2.24) is 9.97 Å². The molecule has 0 bridgehead atoms. The highest BCUT2D eigenvalue weighted by atomic mass is 32.2. The van der Waals surface area contributed by atoms with Gasteiger partial charge in [0, 0.05) is 48.3 Å². The molecule has 2 atom stereocenters. The molecule has 11 nitrogen and oxygen atoms in total. The lowest BCUT2D eigenvalue weighted by atomic mass is 10.0. The second-order valence-corrected chi connectivity index (χ2v) is 10.3. The molecule has 0 radical (unpaired) electrons. The molecule has 2 unspecified atom stereocenters. The minimum absolute atomic E-state index is 0.0753. The van der Waals surface area contributed by atoms with E-state index in [0.717, 1.165) is 10.7 Å². The van der Waals surface area contributed by atoms with Crippen molar-refractivity contribution < 1.29 is 27.8 Å². The number of carbonyl (C=O) groups excluding carboxylic acids is 2. The summed E-state index contributed by atoms with van der Waals surface area (Å²) >= 11 is -2.57. The van der Waals surface area contributed by atoms with Crippen molar-refractivity contribution in [3.05, 3.63) is 66.7 Å². The molecule has 1 amide bonds. The van der Waals surface area contributed by atoms with Gasteiger partial charge >= 0.3 is 0 Å². The summed E-state index contributed by atoms with van der Waals surface area (Å²) in [6.45, 7) is 0. The Morgan fingerprint density at radius 1 is 1.00 bits per heavy atom. The highest BCUT2D eigenvalue weighted by Gasteiger charge is 2.27. The zero-order valence-corrected chi connectivity index (χ0v) is 23.3. The summed E-state index contributed by atoms with van der Waals surface area (Å²) < 4.78 is 35.1. The first-order chi connectivity index (χ1) is 19.8. The Hall–Kier alpha value is -4.55. The molecular formula is C29H29N5O6S. The number of hydrogen-bond acceptors (Lipinski definition) is 8. The number of rotatable bonds is 10. The second-order valence-electron chi connectivity index (χ2n) is 9.49. The zero-order chi connectivity index (χ0) is 28.9. The van der Waals surface area contributed by atoms with Crippen LogP contribution in [0.3, 0.4) is 0 Å². The van der Waals surface area contributed by atoms with Crippen LogP contribution in [0.1, 0.15) is 25.7 Å². The van der Waals surface area contributed by atoms with Crippen LogP contribution in [0.25, 0.3) is 11.0 Å². The average molecular weight is 576 g/mol. The molecule has 0 spiro atoms. The maximum Gasteiger partial charge on any atom is 0.268 e. The van der Waals surface area contributed by atoms with Gasteiger partial charge in [-0.15, -0.1) is 0 Å². The van der Waals surface area contributed by atoms with Gasteiger partial charge in [0.1, 0.15) is 17.3 Å². The van der Waals surface area contributed by atoms with E-state index in [1.54, 1.807) is 60.7 Å². The van der Waals surface area contributed by atoms with Crippen molar-refractivity contribution in [2.45, 2.75) is 25.7 Å². The molecule has 4 aromatic rings. The Balaban J connectivity index is 1.52. The zero-order valence-electron chi connectivity index (χ0n) is 22.5. The summed E-state index contributed by atoms with van der Waals surface area (Å²) in [5.41, 5.74) is 2.33. The molecule has 1 heterocycles. The normalized spacial score (nSPS) is 15.4. The van der Waals surface area contributed by atoms with Crippen LogP contribution in [0.15, 0.2) is 66.7 Å². The number of benzene rings is 3. The van der Waals surface area contributed by atoms with Crippen LogP contribution in [-0.4, -0.2) is 44.6 Å². The van der Waals surface area contributed by atoms with Gasteiger partial charge < -0.3 is 20.1 Å². The van der Waals surface area contributed by atoms with Gasteiger partial charge in [0.2, 0.25) is 5.91 Å². The smallest absolute Gasteiger partial charge is 0.268 e. The third-order valence-electron chi connectivity index (χ3n) is 6.74. The molecule has 3 N–H and O–H groups in total. The minimum atomic E-state index is -2.57. The van der Waals surface area contributed by atoms with Crippen LogP contribution < -0.4 is 24.4 Å². The van der Waals surface area contributed by atoms with Crippen LogP contribution in [0, 0.1) is 5.92 Å². The number of anilines is 5. The summed E-state index contributed by atoms with van der Waals surface area (Å²) in [4.78, 5) is 34.0. The lowest BCUT2D eigenvalue weighted by Crippen LogP contribution is -2.23. The van der Waals surface area contributed by atoms with Crippen LogP contribution in [0.5, 0.6) is 11.5 Å². The first kappa shape index (κ1) is 28.0. The van der Waals surface area contributed by atoms with Crippen molar-refractivity contribution in [1.29, 1.82) is 0 Å². The third-order valence-corrected chi connectivity index (χ3v) is 7.44. The second kappa shape index (κ2) is 12.3. The molecule has 3 aromatic carbocycles. The summed E-state index contributed by atoms with van der Waals surface area (Å²) in [7, 11) is 3.07. The first-order valence-corrected chi connectivity index (χ1v) is 14.0. The molecule has 1 aliphatic carbocycles. The highest BCUT2D eigenvalue weighted by Crippen LogP contribution is 2.36. The molecule has 5 rings (SSSR count). The maximum atomic E-state index is 12.8. The maximum absolute atomic E-state index is 12.8. The van der Waals surface area contributed by atoms with E-state index in [-0.39, 0.29) is 41.4 Å². The van der Waals surface area contributed by atoms with Crippen molar-refractivity contribution in [3.8, 4) is 11.5 Å². The predicted octanol–water partition coefficient (Wildman–Crippen LogP) is 5.36. The Kier molecular flexibility index (Phi) is 8.41. The van der Waals surface area contributed by atoms with Crippen molar-refractivity contribution in [2.24, 2.45) is 5.92 Å². The molecule has 212 valence electrons. The van der Waals surface area contributed by atoms with E-state index in [0.29, 0.717) is 46.7 Å². The number of nitrogens with one attached hydrogen (secondary N) is 2. The van der Waals surface area contributed by atoms with Gasteiger partial charge in [-0.3, -0.25) is 14.1 Å². The molecule has 0 saturated heterocycles. The van der Waals surface area contributed by atoms with Gasteiger partial charge in [0.05, 0.1) is 30.9 Å². The molecule has 1 fully saturated rings. The van der Waals surface area contributed by atoms with Crippen LogP contribution in [-0.2, 0) is 20.9 Å². The molecule has 1 aromatic heterocycles. The van der Waals surface area contributed by atoms with Crippen LogP contribution in [0.4, 0.5) is 28.7 Å². The summed E-state index contributed by atoms with van der Waals surface area (Å²) in [5, 5.41) is 5.99. The van der Waals surface area contributed by atoms with E-state index in [2.05, 4.69) is 15.6 Å². The number of nitrogens with zero attached hydrogens (tertiary/aromatic N) is 3. The van der Waals surface area contributed by atoms with Crippen molar-refractivity contribution in [2.75, 3.05) is 29.2 Å². The quantitative estimate of drug-likeness (QED) is 0.213. The van der Waals surface area contributed by atoms with Crippen molar-refractivity contribution >= 4 is 62.7 Å². The number of para-hydroxylation sites is 2. The number of Topliss-reactive ketones (excluding diaryl/α,β-unsaturated/α-hetero) is 1. The van der Waals surface area contributed by atoms with Gasteiger partial charge in [-0.25, -0.2) is 18.5 Å². The lowest BCUT2D eigenvalue weighted by Gasteiger charge is -2.23. The Labute approximate surface area is 239 Å². The van der Waals surface area contributed by atoms with E-state index in [1.165, 1.54) is 14.2 Å². The fourth-order valence-electron chi connectivity index (χ4n) is 4.77. The topological polar surface area (TPSA) is 143 Å². The molecule has 1 saturated carbocycles. The highest BCUT2D eigenvalue weighted by molar-refractivity contribution is 7.81. The van der Waals surface area contributed by atoms with Gasteiger partial charge in [-0.2, -0.15) is 0 Å². The first-order valence-electron chi connectivity index (χ1n) is 12.9. The average Bonchev–Trinajstić information content (AvgIpc) is 3.36. The van der Waals surface area contributed by atoms with Gasteiger partial charge in [0.15, 0.2) is 11.6 Å². The van der Waals surface area contributed by atoms with Crippen molar-refractivity contribution in [3.63, 3.8) is 0 Å². The van der Waals surface area contributed by atoms with Gasteiger partial charge in [-0.05, 0) is 43.2 Å². The molecular weight excluding hydrogens is 546 g/mol.